The Bertz CT molecular complexity index is 540. The number of hydrogen-bond acceptors (Lipinski definition) is 4. The van der Waals surface area contributed by atoms with Gasteiger partial charge in [-0.3, -0.25) is 15.4 Å². The van der Waals surface area contributed by atoms with Crippen LogP contribution >= 0.6 is 0 Å². The van der Waals surface area contributed by atoms with Crippen molar-refractivity contribution >= 4 is 12.0 Å². The van der Waals surface area contributed by atoms with Gasteiger partial charge in [-0.05, 0) is 36.3 Å². The second kappa shape index (κ2) is 9.42. The van der Waals surface area contributed by atoms with Crippen molar-refractivity contribution in [2.45, 2.75) is 59.0 Å². The van der Waals surface area contributed by atoms with E-state index in [1.54, 1.807) is 6.92 Å². The Balaban J connectivity index is 2.83. The SMILES string of the molecule is CC[C@H](C)c1ccc([C@@H](N[C@@H](C)C(=O)NC(=O)OC)C(C)C)cc1. The van der Waals surface area contributed by atoms with Gasteiger partial charge in [-0.15, -0.1) is 0 Å². The zero-order valence-electron chi connectivity index (χ0n) is 15.6. The fourth-order valence-corrected chi connectivity index (χ4v) is 2.55. The number of benzene rings is 1. The highest BCUT2D eigenvalue weighted by atomic mass is 16.5. The van der Waals surface area contributed by atoms with Gasteiger partial charge in [0.15, 0.2) is 0 Å². The van der Waals surface area contributed by atoms with Crippen molar-refractivity contribution in [3.05, 3.63) is 35.4 Å². The number of alkyl carbamates (subject to hydrolysis) is 1. The number of rotatable bonds is 7. The molecule has 0 aliphatic rings. The van der Waals surface area contributed by atoms with Gasteiger partial charge < -0.3 is 4.74 Å². The maximum absolute atomic E-state index is 12.0. The second-order valence-electron chi connectivity index (χ2n) is 6.57. The normalized spacial score (nSPS) is 14.8. The van der Waals surface area contributed by atoms with Crippen LogP contribution in [0.2, 0.25) is 0 Å². The molecule has 0 bridgehead atoms. The summed E-state index contributed by atoms with van der Waals surface area (Å²) in [5.74, 6) is 0.436. The predicted molar refractivity (Wildman–Crippen MR) is 95.9 cm³/mol. The van der Waals surface area contributed by atoms with Gasteiger partial charge in [0.25, 0.3) is 0 Å². The van der Waals surface area contributed by atoms with Crippen molar-refractivity contribution in [2.24, 2.45) is 5.92 Å². The molecule has 1 rings (SSSR count). The largest absolute Gasteiger partial charge is 0.453 e. The molecule has 2 amide bonds. The zero-order chi connectivity index (χ0) is 18.3. The highest BCUT2D eigenvalue weighted by molar-refractivity contribution is 5.94. The van der Waals surface area contributed by atoms with Crippen LogP contribution in [0.5, 0.6) is 0 Å². The molecule has 0 aromatic heterocycles. The first-order chi connectivity index (χ1) is 11.3. The van der Waals surface area contributed by atoms with E-state index < -0.39 is 18.0 Å². The van der Waals surface area contributed by atoms with Gasteiger partial charge in [0, 0.05) is 6.04 Å². The number of nitrogens with one attached hydrogen (secondary N) is 2. The summed E-state index contributed by atoms with van der Waals surface area (Å²) in [5.41, 5.74) is 2.45. The summed E-state index contributed by atoms with van der Waals surface area (Å²) in [6.45, 7) is 10.3. The summed E-state index contributed by atoms with van der Waals surface area (Å²) >= 11 is 0. The van der Waals surface area contributed by atoms with E-state index in [0.717, 1.165) is 12.0 Å². The molecule has 5 nitrogen and oxygen atoms in total. The summed E-state index contributed by atoms with van der Waals surface area (Å²) in [6, 6.07) is 8.05. The molecule has 24 heavy (non-hydrogen) atoms. The third-order valence-electron chi connectivity index (χ3n) is 4.38. The van der Waals surface area contributed by atoms with Crippen LogP contribution < -0.4 is 10.6 Å². The van der Waals surface area contributed by atoms with Crippen molar-refractivity contribution in [3.8, 4) is 0 Å². The monoisotopic (exact) mass is 334 g/mol. The highest BCUT2D eigenvalue weighted by Gasteiger charge is 2.23. The lowest BCUT2D eigenvalue weighted by Crippen LogP contribution is -2.46. The van der Waals surface area contributed by atoms with Crippen molar-refractivity contribution < 1.29 is 14.3 Å². The predicted octanol–water partition coefficient (Wildman–Crippen LogP) is 3.76. The first-order valence-corrected chi connectivity index (χ1v) is 8.54. The van der Waals surface area contributed by atoms with Gasteiger partial charge in [0.1, 0.15) is 0 Å². The van der Waals surface area contributed by atoms with E-state index in [9.17, 15) is 9.59 Å². The molecule has 134 valence electrons. The van der Waals surface area contributed by atoms with E-state index in [2.05, 4.69) is 67.3 Å². The number of methoxy groups -OCH3 is 1. The fraction of sp³-hybridized carbons (Fsp3) is 0.579. The summed E-state index contributed by atoms with van der Waals surface area (Å²) in [7, 11) is 1.23. The number of imide groups is 1. The van der Waals surface area contributed by atoms with Crippen molar-refractivity contribution in [1.82, 2.24) is 10.6 Å². The molecule has 1 aromatic carbocycles. The van der Waals surface area contributed by atoms with Crippen molar-refractivity contribution in [2.75, 3.05) is 7.11 Å². The molecular formula is C19H30N2O3. The quantitative estimate of drug-likeness (QED) is 0.797. The standard InChI is InChI=1S/C19H30N2O3/c1-7-13(4)15-8-10-16(11-9-15)17(12(2)3)20-14(5)18(22)21-19(23)24-6/h8-14,17,20H,7H2,1-6H3,(H,21,22,23)/t13-,14-,17-/m0/s1. The smallest absolute Gasteiger partial charge is 0.413 e. The first-order valence-electron chi connectivity index (χ1n) is 8.54. The van der Waals surface area contributed by atoms with Crippen LogP contribution in [0.4, 0.5) is 4.79 Å². The Morgan fingerprint density at radius 3 is 2.04 bits per heavy atom. The molecule has 0 radical (unpaired) electrons. The van der Waals surface area contributed by atoms with E-state index in [0.29, 0.717) is 11.8 Å². The molecule has 1 aromatic rings. The molecule has 0 fully saturated rings. The van der Waals surface area contributed by atoms with Crippen LogP contribution in [0.15, 0.2) is 24.3 Å². The summed E-state index contributed by atoms with van der Waals surface area (Å²) in [4.78, 5) is 23.2. The minimum atomic E-state index is -0.743. The Morgan fingerprint density at radius 1 is 1.04 bits per heavy atom. The minimum absolute atomic E-state index is 0.0226. The molecule has 0 unspecified atom stereocenters. The van der Waals surface area contributed by atoms with Crippen LogP contribution in [0.3, 0.4) is 0 Å². The van der Waals surface area contributed by atoms with Crippen LogP contribution in [0, 0.1) is 5.92 Å². The third kappa shape index (κ3) is 5.64. The minimum Gasteiger partial charge on any atom is -0.453 e. The molecule has 2 N–H and O–H groups in total. The Hall–Kier alpha value is -1.88. The summed E-state index contributed by atoms with van der Waals surface area (Å²) in [6.07, 6.45) is 0.364. The Kier molecular flexibility index (Phi) is 7.92. The molecular weight excluding hydrogens is 304 g/mol. The molecule has 0 saturated heterocycles. The topological polar surface area (TPSA) is 67.4 Å². The van der Waals surface area contributed by atoms with E-state index in [4.69, 9.17) is 0 Å². The first kappa shape index (κ1) is 20.2. The molecule has 0 spiro atoms. The molecule has 0 aliphatic carbocycles. The van der Waals surface area contributed by atoms with Crippen LogP contribution in [0.25, 0.3) is 0 Å². The average Bonchev–Trinajstić information content (AvgIpc) is 2.58. The number of carbonyl (C=O) groups excluding carboxylic acids is 2. The Morgan fingerprint density at radius 2 is 1.58 bits per heavy atom. The third-order valence-corrected chi connectivity index (χ3v) is 4.38. The maximum Gasteiger partial charge on any atom is 0.413 e. The number of amides is 2. The zero-order valence-corrected chi connectivity index (χ0v) is 15.6. The van der Waals surface area contributed by atoms with Crippen LogP contribution in [-0.2, 0) is 9.53 Å². The molecule has 0 saturated carbocycles. The highest BCUT2D eigenvalue weighted by Crippen LogP contribution is 2.25. The van der Waals surface area contributed by atoms with Crippen molar-refractivity contribution in [3.63, 3.8) is 0 Å². The van der Waals surface area contributed by atoms with Gasteiger partial charge in [-0.2, -0.15) is 0 Å². The van der Waals surface area contributed by atoms with E-state index in [1.807, 2.05) is 0 Å². The summed E-state index contributed by atoms with van der Waals surface area (Å²) in [5, 5.41) is 5.50. The van der Waals surface area contributed by atoms with Crippen molar-refractivity contribution in [1.29, 1.82) is 0 Å². The van der Waals surface area contributed by atoms with Gasteiger partial charge in [-0.25, -0.2) is 4.79 Å². The molecule has 0 aliphatic heterocycles. The van der Waals surface area contributed by atoms with Crippen LogP contribution in [0.1, 0.15) is 64.1 Å². The molecule has 5 heteroatoms. The molecule has 0 heterocycles. The lowest BCUT2D eigenvalue weighted by molar-refractivity contribution is -0.122. The van der Waals surface area contributed by atoms with Crippen LogP contribution in [-0.4, -0.2) is 25.2 Å². The average molecular weight is 334 g/mol. The van der Waals surface area contributed by atoms with Gasteiger partial charge in [-0.1, -0.05) is 52.0 Å². The summed E-state index contributed by atoms with van der Waals surface area (Å²) < 4.78 is 4.46. The van der Waals surface area contributed by atoms with Gasteiger partial charge in [0.05, 0.1) is 13.2 Å². The molecule has 3 atom stereocenters. The number of hydrogen-bond donors (Lipinski definition) is 2. The fourth-order valence-electron chi connectivity index (χ4n) is 2.55. The second-order valence-corrected chi connectivity index (χ2v) is 6.57. The van der Waals surface area contributed by atoms with E-state index in [1.165, 1.54) is 12.7 Å². The number of carbonyl (C=O) groups is 2. The van der Waals surface area contributed by atoms with E-state index in [-0.39, 0.29) is 6.04 Å². The Labute approximate surface area is 145 Å². The lowest BCUT2D eigenvalue weighted by Gasteiger charge is -2.26. The maximum atomic E-state index is 12.0. The van der Waals surface area contributed by atoms with Gasteiger partial charge >= 0.3 is 6.09 Å². The van der Waals surface area contributed by atoms with Gasteiger partial charge in [0.2, 0.25) is 5.91 Å². The lowest BCUT2D eigenvalue weighted by atomic mass is 9.91. The number of ether oxygens (including phenoxy) is 1. The van der Waals surface area contributed by atoms with E-state index >= 15 is 0 Å².